The highest BCUT2D eigenvalue weighted by molar-refractivity contribution is 6.69. The summed E-state index contributed by atoms with van der Waals surface area (Å²) in [5.74, 6) is 0. The molecular formula is C5H13N2O3Si4. The maximum Gasteiger partial charge on any atom is 0.468 e. The Morgan fingerprint density at radius 1 is 1.07 bits per heavy atom. The molecule has 9 radical (unpaired) electrons. The molecule has 0 spiro atoms. The highest BCUT2D eigenvalue weighted by atomic mass is 28.5. The Morgan fingerprint density at radius 2 is 1.64 bits per heavy atom. The number of hydrogen-bond donors (Lipinski definition) is 2. The average molecular weight is 262 g/mol. The molecule has 14 heavy (non-hydrogen) atoms. The normalized spacial score (nSPS) is 12.0. The van der Waals surface area contributed by atoms with Gasteiger partial charge < -0.3 is 23.4 Å². The predicted octanol–water partition coefficient (Wildman–Crippen LogP) is -1.84. The van der Waals surface area contributed by atoms with Gasteiger partial charge in [-0.2, -0.15) is 0 Å². The maximum atomic E-state index is 5.32. The summed E-state index contributed by atoms with van der Waals surface area (Å²) < 4.78 is 15.0. The highest BCUT2D eigenvalue weighted by Crippen LogP contribution is 2.13. The van der Waals surface area contributed by atoms with Crippen LogP contribution in [0, 0.1) is 0 Å². The maximum absolute atomic E-state index is 5.32. The molecule has 0 aromatic rings. The summed E-state index contributed by atoms with van der Waals surface area (Å²) in [6, 6.07) is 0.682. The van der Waals surface area contributed by atoms with E-state index in [0.29, 0.717) is 12.6 Å². The molecule has 5 nitrogen and oxygen atoms in total. The van der Waals surface area contributed by atoms with E-state index in [4.69, 9.17) is 18.1 Å². The standard InChI is InChI=1S/C5H13N2O3Si4/c6-2-4-7-3-1-5-14(8-11,9-12)10-13/h7H,1-6H2. The van der Waals surface area contributed by atoms with Crippen molar-refractivity contribution in [2.75, 3.05) is 19.6 Å². The number of nitrogens with two attached hydrogens (primary N) is 1. The van der Waals surface area contributed by atoms with Crippen LogP contribution in [0.15, 0.2) is 0 Å². The minimum absolute atomic E-state index is 0.639. The van der Waals surface area contributed by atoms with E-state index in [1.807, 2.05) is 0 Å². The topological polar surface area (TPSA) is 65.7 Å². The van der Waals surface area contributed by atoms with Crippen molar-refractivity contribution < 1.29 is 12.3 Å². The summed E-state index contributed by atoms with van der Waals surface area (Å²) in [5.41, 5.74) is 5.32. The van der Waals surface area contributed by atoms with Crippen molar-refractivity contribution in [3.63, 3.8) is 0 Å². The molecule has 0 rings (SSSR count). The van der Waals surface area contributed by atoms with Crippen LogP contribution in [-0.4, -0.2) is 59.9 Å². The van der Waals surface area contributed by atoms with Gasteiger partial charge in [0.2, 0.25) is 31.5 Å². The smallest absolute Gasteiger partial charge is 0.416 e. The molecule has 0 aromatic heterocycles. The van der Waals surface area contributed by atoms with Crippen molar-refractivity contribution in [3.8, 4) is 0 Å². The van der Waals surface area contributed by atoms with E-state index < -0.39 is 8.80 Å². The summed E-state index contributed by atoms with van der Waals surface area (Å²) in [6.07, 6.45) is 0.881. The Kier molecular flexibility index (Phi) is 9.36. The van der Waals surface area contributed by atoms with Gasteiger partial charge in [0, 0.05) is 19.1 Å². The Hall–Kier alpha value is 0.668. The van der Waals surface area contributed by atoms with E-state index in [0.717, 1.165) is 19.5 Å². The van der Waals surface area contributed by atoms with Crippen molar-refractivity contribution in [3.05, 3.63) is 0 Å². The lowest BCUT2D eigenvalue weighted by molar-refractivity contribution is 0.292. The monoisotopic (exact) mass is 261 g/mol. The van der Waals surface area contributed by atoms with Gasteiger partial charge in [0.05, 0.1) is 0 Å². The number of rotatable bonds is 9. The average Bonchev–Trinajstić information content (AvgIpc) is 2.24. The Balaban J connectivity index is 3.61. The van der Waals surface area contributed by atoms with Crippen LogP contribution in [0.25, 0.3) is 0 Å². The van der Waals surface area contributed by atoms with Crippen LogP contribution in [0.1, 0.15) is 6.42 Å². The van der Waals surface area contributed by atoms with E-state index in [-0.39, 0.29) is 0 Å². The number of nitrogens with one attached hydrogen (secondary N) is 1. The molecule has 0 saturated carbocycles. The van der Waals surface area contributed by atoms with Gasteiger partial charge in [-0.3, -0.25) is 0 Å². The van der Waals surface area contributed by atoms with Crippen LogP contribution in [0.5, 0.6) is 0 Å². The summed E-state index contributed by atoms with van der Waals surface area (Å²) >= 11 is 0. The molecule has 3 N–H and O–H groups in total. The zero-order chi connectivity index (χ0) is 10.9. The quantitative estimate of drug-likeness (QED) is 0.377. The molecule has 0 aliphatic carbocycles. The molecular weight excluding hydrogens is 248 g/mol. The minimum atomic E-state index is -2.61. The fourth-order valence-corrected chi connectivity index (χ4v) is 4.33. The van der Waals surface area contributed by atoms with Crippen LogP contribution in [-0.2, 0) is 12.3 Å². The zero-order valence-corrected chi connectivity index (χ0v) is 11.8. The molecule has 0 fully saturated rings. The molecule has 0 aromatic carbocycles. The zero-order valence-electron chi connectivity index (χ0n) is 7.84. The van der Waals surface area contributed by atoms with E-state index in [9.17, 15) is 0 Å². The summed E-state index contributed by atoms with van der Waals surface area (Å²) in [5, 5.41) is 3.16. The first kappa shape index (κ1) is 14.7. The Labute approximate surface area is 96.1 Å². The molecule has 0 bridgehead atoms. The van der Waals surface area contributed by atoms with Gasteiger partial charge in [0.15, 0.2) is 0 Å². The molecule has 0 aliphatic heterocycles. The number of hydrogen-bond acceptors (Lipinski definition) is 5. The molecule has 0 atom stereocenters. The third kappa shape index (κ3) is 5.52. The fourth-order valence-electron chi connectivity index (χ4n) is 0.873. The van der Waals surface area contributed by atoms with E-state index in [2.05, 4.69) is 36.8 Å². The molecule has 0 saturated heterocycles. The van der Waals surface area contributed by atoms with Crippen LogP contribution in [0.2, 0.25) is 6.04 Å². The van der Waals surface area contributed by atoms with Gasteiger partial charge in [-0.15, -0.1) is 0 Å². The Morgan fingerprint density at radius 3 is 2.07 bits per heavy atom. The predicted molar refractivity (Wildman–Crippen MR) is 57.6 cm³/mol. The van der Waals surface area contributed by atoms with Gasteiger partial charge in [0.1, 0.15) is 0 Å². The summed E-state index contributed by atoms with van der Waals surface area (Å²) in [6.45, 7) is 2.31. The van der Waals surface area contributed by atoms with Crippen LogP contribution >= 0.6 is 0 Å². The largest absolute Gasteiger partial charge is 0.468 e. The van der Waals surface area contributed by atoms with Crippen LogP contribution < -0.4 is 11.1 Å². The molecule has 0 unspecified atom stereocenters. The molecule has 9 heteroatoms. The van der Waals surface area contributed by atoms with Crippen molar-refractivity contribution in [2.45, 2.75) is 12.5 Å². The van der Waals surface area contributed by atoms with E-state index in [1.165, 1.54) is 0 Å². The molecule has 0 heterocycles. The first-order chi connectivity index (χ1) is 6.74. The van der Waals surface area contributed by atoms with Gasteiger partial charge in [-0.25, -0.2) is 0 Å². The second-order valence-electron chi connectivity index (χ2n) is 2.63. The first-order valence-electron chi connectivity index (χ1n) is 4.19. The first-order valence-corrected chi connectivity index (χ1v) is 7.35. The van der Waals surface area contributed by atoms with Crippen molar-refractivity contribution in [1.29, 1.82) is 0 Å². The van der Waals surface area contributed by atoms with Gasteiger partial charge in [-0.05, 0) is 13.0 Å². The van der Waals surface area contributed by atoms with Crippen molar-refractivity contribution in [1.82, 2.24) is 5.32 Å². The SMILES string of the molecule is NCCNCCC[Si](O[Si])(O[Si])O[Si]. The van der Waals surface area contributed by atoms with Gasteiger partial charge >= 0.3 is 8.80 Å². The third-order valence-electron chi connectivity index (χ3n) is 1.62. The Bertz CT molecular complexity index is 130. The van der Waals surface area contributed by atoms with Crippen molar-refractivity contribution >= 4 is 40.3 Å². The molecule has 77 valence electrons. The van der Waals surface area contributed by atoms with Crippen LogP contribution in [0.3, 0.4) is 0 Å². The minimum Gasteiger partial charge on any atom is -0.416 e. The second kappa shape index (κ2) is 8.93. The highest BCUT2D eigenvalue weighted by Gasteiger charge is 2.35. The summed E-state index contributed by atoms with van der Waals surface area (Å²) in [7, 11) is 6.19. The third-order valence-corrected chi connectivity index (χ3v) is 6.32. The van der Waals surface area contributed by atoms with E-state index >= 15 is 0 Å². The summed E-state index contributed by atoms with van der Waals surface area (Å²) in [4.78, 5) is 0. The molecule has 0 amide bonds. The lowest BCUT2D eigenvalue weighted by atomic mass is 10.5. The fraction of sp³-hybridized carbons (Fsp3) is 1.00. The molecule has 0 aliphatic rings. The van der Waals surface area contributed by atoms with Gasteiger partial charge in [0.25, 0.3) is 0 Å². The van der Waals surface area contributed by atoms with Crippen LogP contribution in [0.4, 0.5) is 0 Å². The van der Waals surface area contributed by atoms with Gasteiger partial charge in [-0.1, -0.05) is 0 Å². The van der Waals surface area contributed by atoms with E-state index in [1.54, 1.807) is 0 Å². The lowest BCUT2D eigenvalue weighted by Gasteiger charge is -2.25. The second-order valence-corrected chi connectivity index (χ2v) is 6.95. The lowest BCUT2D eigenvalue weighted by Crippen LogP contribution is -2.44. The van der Waals surface area contributed by atoms with Crippen molar-refractivity contribution in [2.24, 2.45) is 5.73 Å².